The van der Waals surface area contributed by atoms with E-state index in [0.29, 0.717) is 5.82 Å². The molecule has 0 saturated carbocycles. The van der Waals surface area contributed by atoms with E-state index in [1.54, 1.807) is 0 Å². The molecule has 10 aromatic rings. The SMILES string of the molecule is c1ccc(-c2cc(-c3ccccc3)nc(-c3ccc(-c4nc5ccccc5c5ccc6c(c45)-c4ccccc4C64c5ccccc5-c5ccccc54)cc3)n2)cc1. The molecule has 2 aromatic heterocycles. The summed E-state index contributed by atoms with van der Waals surface area (Å²) in [5.74, 6) is 0.688. The smallest absolute Gasteiger partial charge is 0.160 e. The van der Waals surface area contributed by atoms with Gasteiger partial charge in [-0.1, -0.05) is 188 Å². The molecule has 2 heterocycles. The van der Waals surface area contributed by atoms with Crippen molar-refractivity contribution in [3.05, 3.63) is 222 Å². The van der Waals surface area contributed by atoms with Crippen molar-refractivity contribution >= 4 is 21.7 Å². The molecule has 0 atom stereocenters. The second kappa shape index (κ2) is 12.3. The highest BCUT2D eigenvalue weighted by Gasteiger charge is 2.52. The van der Waals surface area contributed by atoms with Gasteiger partial charge in [0.25, 0.3) is 0 Å². The number of hydrogen-bond donors (Lipinski definition) is 0. The van der Waals surface area contributed by atoms with E-state index >= 15 is 0 Å². The molecule has 2 aliphatic rings. The van der Waals surface area contributed by atoms with E-state index in [-0.39, 0.29) is 0 Å². The van der Waals surface area contributed by atoms with Gasteiger partial charge in [0.2, 0.25) is 0 Å². The molecule has 3 nitrogen and oxygen atoms in total. The number of nitrogens with zero attached hydrogens (tertiary/aromatic N) is 3. The summed E-state index contributed by atoms with van der Waals surface area (Å²) < 4.78 is 0. The Morgan fingerprint density at radius 1 is 0.333 bits per heavy atom. The Balaban J connectivity index is 1.10. The molecule has 12 rings (SSSR count). The second-order valence-electron chi connectivity index (χ2n) is 15.0. The number of hydrogen-bond acceptors (Lipinski definition) is 3. The topological polar surface area (TPSA) is 38.7 Å². The lowest BCUT2D eigenvalue weighted by molar-refractivity contribution is 0.794. The summed E-state index contributed by atoms with van der Waals surface area (Å²) in [5, 5.41) is 3.54. The van der Waals surface area contributed by atoms with Gasteiger partial charge >= 0.3 is 0 Å². The quantitative estimate of drug-likeness (QED) is 0.170. The maximum Gasteiger partial charge on any atom is 0.160 e. The van der Waals surface area contributed by atoms with Crippen LogP contribution in [0.5, 0.6) is 0 Å². The van der Waals surface area contributed by atoms with Crippen molar-refractivity contribution in [2.75, 3.05) is 0 Å². The van der Waals surface area contributed by atoms with E-state index in [0.717, 1.165) is 50.2 Å². The van der Waals surface area contributed by atoms with Gasteiger partial charge in [-0.25, -0.2) is 15.0 Å². The zero-order valence-corrected chi connectivity index (χ0v) is 30.9. The van der Waals surface area contributed by atoms with Crippen molar-refractivity contribution in [2.24, 2.45) is 0 Å². The number of fused-ring (bicyclic) bond motifs is 14. The van der Waals surface area contributed by atoms with Crippen molar-refractivity contribution in [2.45, 2.75) is 5.41 Å². The molecule has 0 fully saturated rings. The minimum Gasteiger partial charge on any atom is -0.247 e. The van der Waals surface area contributed by atoms with Gasteiger partial charge in [-0.15, -0.1) is 0 Å². The highest BCUT2D eigenvalue weighted by atomic mass is 14.9. The summed E-state index contributed by atoms with van der Waals surface area (Å²) >= 11 is 0. The van der Waals surface area contributed by atoms with Crippen LogP contribution in [0, 0.1) is 0 Å². The van der Waals surface area contributed by atoms with Crippen LogP contribution in [0.25, 0.3) is 89.1 Å². The Hall–Kier alpha value is -7.49. The number of aromatic nitrogens is 3. The fourth-order valence-electron chi connectivity index (χ4n) is 9.71. The van der Waals surface area contributed by atoms with Crippen molar-refractivity contribution in [3.8, 4) is 67.4 Å². The first-order valence-electron chi connectivity index (χ1n) is 19.5. The third kappa shape index (κ3) is 4.57. The third-order valence-corrected chi connectivity index (χ3v) is 12.1. The molecule has 264 valence electrons. The van der Waals surface area contributed by atoms with Crippen molar-refractivity contribution in [1.29, 1.82) is 0 Å². The van der Waals surface area contributed by atoms with E-state index in [4.69, 9.17) is 15.0 Å². The molecule has 0 amide bonds. The molecule has 0 radical (unpaired) electrons. The molecular formula is C54H33N3. The van der Waals surface area contributed by atoms with Crippen molar-refractivity contribution in [1.82, 2.24) is 15.0 Å². The fraction of sp³-hybridized carbons (Fsp3) is 0.0185. The Kier molecular flexibility index (Phi) is 6.84. The van der Waals surface area contributed by atoms with Gasteiger partial charge in [0, 0.05) is 33.0 Å². The molecule has 0 N–H and O–H groups in total. The van der Waals surface area contributed by atoms with Gasteiger partial charge < -0.3 is 0 Å². The van der Waals surface area contributed by atoms with Crippen LogP contribution in [0.3, 0.4) is 0 Å². The standard InChI is InChI=1S/C54H33N3/c1-3-15-34(16-4-1)48-33-49(35-17-5-2-6-18-35)57-53(56-48)37-29-27-36(28-30-37)52-51-41(40-21-10-14-26-47(40)55-52)31-32-46-50(51)42-22-9-13-25-45(42)54(46)43-23-11-7-19-38(43)39-20-8-12-24-44(39)54/h1-33H. The van der Waals surface area contributed by atoms with Gasteiger partial charge in [0.05, 0.1) is 28.0 Å². The lowest BCUT2D eigenvalue weighted by Crippen LogP contribution is -2.25. The zero-order chi connectivity index (χ0) is 37.5. The average molecular weight is 724 g/mol. The zero-order valence-electron chi connectivity index (χ0n) is 30.9. The first-order valence-corrected chi connectivity index (χ1v) is 19.5. The molecule has 2 aliphatic carbocycles. The number of pyridine rings is 1. The monoisotopic (exact) mass is 723 g/mol. The number of para-hydroxylation sites is 1. The Morgan fingerprint density at radius 3 is 1.47 bits per heavy atom. The number of rotatable bonds is 4. The van der Waals surface area contributed by atoms with Gasteiger partial charge in [0.15, 0.2) is 5.82 Å². The Bertz CT molecular complexity index is 3120. The van der Waals surface area contributed by atoms with Gasteiger partial charge in [-0.3, -0.25) is 0 Å². The first kappa shape index (κ1) is 31.8. The molecule has 8 aromatic carbocycles. The van der Waals surface area contributed by atoms with E-state index in [2.05, 4.69) is 188 Å². The second-order valence-corrected chi connectivity index (χ2v) is 15.0. The molecule has 0 saturated heterocycles. The van der Waals surface area contributed by atoms with Crippen LogP contribution in [0.1, 0.15) is 22.3 Å². The summed E-state index contributed by atoms with van der Waals surface area (Å²) in [6, 6.07) is 71.8. The van der Waals surface area contributed by atoms with E-state index in [1.807, 2.05) is 12.1 Å². The average Bonchev–Trinajstić information content (AvgIpc) is 3.77. The largest absolute Gasteiger partial charge is 0.247 e. The summed E-state index contributed by atoms with van der Waals surface area (Å²) in [6.45, 7) is 0. The molecule has 0 bridgehead atoms. The highest BCUT2D eigenvalue weighted by Crippen LogP contribution is 2.64. The molecule has 57 heavy (non-hydrogen) atoms. The van der Waals surface area contributed by atoms with Crippen LogP contribution in [0.4, 0.5) is 0 Å². The molecule has 3 heteroatoms. The van der Waals surface area contributed by atoms with Crippen LogP contribution < -0.4 is 0 Å². The molecular weight excluding hydrogens is 691 g/mol. The predicted molar refractivity (Wildman–Crippen MR) is 233 cm³/mol. The first-order chi connectivity index (χ1) is 28.3. The van der Waals surface area contributed by atoms with Gasteiger partial charge in [0.1, 0.15) is 0 Å². The lowest BCUT2D eigenvalue weighted by Gasteiger charge is -2.30. The summed E-state index contributed by atoms with van der Waals surface area (Å²) in [5.41, 5.74) is 17.9. The maximum atomic E-state index is 5.51. The van der Waals surface area contributed by atoms with Crippen molar-refractivity contribution in [3.63, 3.8) is 0 Å². The van der Waals surface area contributed by atoms with Gasteiger partial charge in [-0.05, 0) is 62.0 Å². The third-order valence-electron chi connectivity index (χ3n) is 12.1. The minimum absolute atomic E-state index is 0.433. The Labute approximate surface area is 330 Å². The van der Waals surface area contributed by atoms with Crippen LogP contribution in [0.2, 0.25) is 0 Å². The normalized spacial score (nSPS) is 13.1. The fourth-order valence-corrected chi connectivity index (χ4v) is 9.71. The Morgan fingerprint density at radius 2 is 0.842 bits per heavy atom. The lowest BCUT2D eigenvalue weighted by atomic mass is 9.70. The van der Waals surface area contributed by atoms with Crippen LogP contribution >= 0.6 is 0 Å². The molecule has 1 spiro atoms. The number of benzene rings is 8. The van der Waals surface area contributed by atoms with E-state index < -0.39 is 5.41 Å². The van der Waals surface area contributed by atoms with Crippen LogP contribution in [-0.4, -0.2) is 15.0 Å². The van der Waals surface area contributed by atoms with Gasteiger partial charge in [-0.2, -0.15) is 0 Å². The minimum atomic E-state index is -0.433. The maximum absolute atomic E-state index is 5.51. The van der Waals surface area contributed by atoms with E-state index in [9.17, 15) is 0 Å². The predicted octanol–water partition coefficient (Wildman–Crippen LogP) is 13.2. The van der Waals surface area contributed by atoms with Crippen LogP contribution in [-0.2, 0) is 5.41 Å². The molecule has 0 unspecified atom stereocenters. The molecule has 0 aliphatic heterocycles. The summed E-state index contributed by atoms with van der Waals surface area (Å²) in [7, 11) is 0. The summed E-state index contributed by atoms with van der Waals surface area (Å²) in [4.78, 5) is 15.7. The van der Waals surface area contributed by atoms with Crippen molar-refractivity contribution < 1.29 is 0 Å². The summed E-state index contributed by atoms with van der Waals surface area (Å²) in [6.07, 6.45) is 0. The van der Waals surface area contributed by atoms with E-state index in [1.165, 1.54) is 55.3 Å². The highest BCUT2D eigenvalue weighted by molar-refractivity contribution is 6.19. The van der Waals surface area contributed by atoms with Crippen LogP contribution in [0.15, 0.2) is 200 Å².